The molecule has 132 valence electrons. The van der Waals surface area contributed by atoms with Crippen LogP contribution in [-0.4, -0.2) is 12.1 Å². The Bertz CT molecular complexity index is 737. The third-order valence-electron chi connectivity index (χ3n) is 5.70. The van der Waals surface area contributed by atoms with Gasteiger partial charge >= 0.3 is 0 Å². The van der Waals surface area contributed by atoms with Crippen molar-refractivity contribution in [2.45, 2.75) is 57.1 Å². The molecule has 1 aliphatic carbocycles. The van der Waals surface area contributed by atoms with Crippen molar-refractivity contribution in [2.75, 3.05) is 6.54 Å². The van der Waals surface area contributed by atoms with Crippen molar-refractivity contribution in [3.05, 3.63) is 64.2 Å². The Balaban J connectivity index is 1.55. The van der Waals surface area contributed by atoms with Gasteiger partial charge in [0.15, 0.2) is 0 Å². The SMILES string of the molecule is Cc1cc(Cl)cc2c1OC1(CCCC1)CC2NCCc1ccccc1. The summed E-state index contributed by atoms with van der Waals surface area (Å²) >= 11 is 6.35. The molecule has 1 heterocycles. The molecule has 0 amide bonds. The van der Waals surface area contributed by atoms with Crippen molar-refractivity contribution < 1.29 is 4.74 Å². The molecule has 1 spiro atoms. The van der Waals surface area contributed by atoms with E-state index in [0.29, 0.717) is 6.04 Å². The standard InChI is InChI=1S/C22H26ClNO/c1-16-13-18(23)14-19-20(24-12-9-17-7-3-2-4-8-17)15-22(25-21(16)19)10-5-6-11-22/h2-4,7-8,13-14,20,24H,5-6,9-12,15H2,1H3. The van der Waals surface area contributed by atoms with Gasteiger partial charge in [-0.1, -0.05) is 41.9 Å². The highest BCUT2D eigenvalue weighted by atomic mass is 35.5. The normalized spacial score (nSPS) is 21.1. The van der Waals surface area contributed by atoms with Gasteiger partial charge in [-0.15, -0.1) is 0 Å². The average molecular weight is 356 g/mol. The predicted octanol–water partition coefficient (Wildman–Crippen LogP) is 5.62. The number of fused-ring (bicyclic) bond motifs is 1. The van der Waals surface area contributed by atoms with Crippen LogP contribution in [0.1, 0.15) is 54.8 Å². The fraction of sp³-hybridized carbons (Fsp3) is 0.455. The smallest absolute Gasteiger partial charge is 0.127 e. The summed E-state index contributed by atoms with van der Waals surface area (Å²) in [5.74, 6) is 1.06. The summed E-state index contributed by atoms with van der Waals surface area (Å²) in [6, 6.07) is 15.1. The molecule has 2 nitrogen and oxygen atoms in total. The molecule has 0 aromatic heterocycles. The summed E-state index contributed by atoms with van der Waals surface area (Å²) < 4.78 is 6.56. The fourth-order valence-electron chi connectivity index (χ4n) is 4.44. The summed E-state index contributed by atoms with van der Waals surface area (Å²) in [7, 11) is 0. The molecule has 1 atom stereocenters. The van der Waals surface area contributed by atoms with E-state index in [9.17, 15) is 0 Å². The Hall–Kier alpha value is -1.51. The summed E-state index contributed by atoms with van der Waals surface area (Å²) in [4.78, 5) is 0. The largest absolute Gasteiger partial charge is 0.487 e. The summed E-state index contributed by atoms with van der Waals surface area (Å²) in [5, 5.41) is 4.60. The molecular formula is C22H26ClNO. The maximum Gasteiger partial charge on any atom is 0.127 e. The Kier molecular flexibility index (Phi) is 4.75. The van der Waals surface area contributed by atoms with E-state index >= 15 is 0 Å². The quantitative estimate of drug-likeness (QED) is 0.768. The average Bonchev–Trinajstić information content (AvgIpc) is 3.05. The van der Waals surface area contributed by atoms with Gasteiger partial charge in [0.1, 0.15) is 11.4 Å². The molecule has 25 heavy (non-hydrogen) atoms. The van der Waals surface area contributed by atoms with Gasteiger partial charge in [0.25, 0.3) is 0 Å². The number of benzene rings is 2. The van der Waals surface area contributed by atoms with Gasteiger partial charge in [-0.3, -0.25) is 0 Å². The highest BCUT2D eigenvalue weighted by molar-refractivity contribution is 6.30. The van der Waals surface area contributed by atoms with Crippen LogP contribution in [0.5, 0.6) is 5.75 Å². The van der Waals surface area contributed by atoms with Crippen LogP contribution in [0.25, 0.3) is 0 Å². The Morgan fingerprint density at radius 3 is 2.68 bits per heavy atom. The summed E-state index contributed by atoms with van der Waals surface area (Å²) in [5.41, 5.74) is 3.79. The molecule has 1 N–H and O–H groups in total. The predicted molar refractivity (Wildman–Crippen MR) is 104 cm³/mol. The number of halogens is 1. The molecule has 1 saturated carbocycles. The van der Waals surface area contributed by atoms with Crippen LogP contribution in [0.2, 0.25) is 5.02 Å². The molecule has 0 bridgehead atoms. The van der Waals surface area contributed by atoms with Gasteiger partial charge in [-0.2, -0.15) is 0 Å². The van der Waals surface area contributed by atoms with E-state index in [-0.39, 0.29) is 5.60 Å². The molecule has 2 aromatic carbocycles. The van der Waals surface area contributed by atoms with E-state index in [1.165, 1.54) is 36.8 Å². The van der Waals surface area contributed by atoms with Crippen LogP contribution in [0.15, 0.2) is 42.5 Å². The number of hydrogen-bond acceptors (Lipinski definition) is 2. The van der Waals surface area contributed by atoms with Crippen molar-refractivity contribution in [1.29, 1.82) is 0 Å². The fourth-order valence-corrected chi connectivity index (χ4v) is 4.72. The number of hydrogen-bond donors (Lipinski definition) is 1. The van der Waals surface area contributed by atoms with Crippen molar-refractivity contribution in [2.24, 2.45) is 0 Å². The highest BCUT2D eigenvalue weighted by Gasteiger charge is 2.43. The maximum atomic E-state index is 6.56. The van der Waals surface area contributed by atoms with E-state index in [1.807, 2.05) is 6.07 Å². The van der Waals surface area contributed by atoms with Gasteiger partial charge in [0.2, 0.25) is 0 Å². The van der Waals surface area contributed by atoms with E-state index in [0.717, 1.165) is 35.7 Å². The molecule has 2 aromatic rings. The van der Waals surface area contributed by atoms with Crippen LogP contribution in [0.3, 0.4) is 0 Å². The zero-order valence-electron chi connectivity index (χ0n) is 14.9. The second-order valence-corrected chi connectivity index (χ2v) is 8.02. The van der Waals surface area contributed by atoms with Crippen molar-refractivity contribution in [1.82, 2.24) is 5.32 Å². The van der Waals surface area contributed by atoms with Gasteiger partial charge in [-0.25, -0.2) is 0 Å². The molecule has 3 heteroatoms. The van der Waals surface area contributed by atoms with E-state index in [4.69, 9.17) is 16.3 Å². The lowest BCUT2D eigenvalue weighted by molar-refractivity contribution is 0.0361. The first kappa shape index (κ1) is 16.9. The number of rotatable bonds is 4. The van der Waals surface area contributed by atoms with Crippen LogP contribution >= 0.6 is 11.6 Å². The zero-order chi connectivity index (χ0) is 17.3. The van der Waals surface area contributed by atoms with Gasteiger partial charge < -0.3 is 10.1 Å². The monoisotopic (exact) mass is 355 g/mol. The van der Waals surface area contributed by atoms with Crippen LogP contribution in [0.4, 0.5) is 0 Å². The number of nitrogens with one attached hydrogen (secondary N) is 1. The molecule has 1 unspecified atom stereocenters. The van der Waals surface area contributed by atoms with E-state index < -0.39 is 0 Å². The molecule has 1 fully saturated rings. The van der Waals surface area contributed by atoms with Crippen LogP contribution < -0.4 is 10.1 Å². The summed E-state index contributed by atoms with van der Waals surface area (Å²) in [6.07, 6.45) is 6.99. The van der Waals surface area contributed by atoms with Crippen molar-refractivity contribution in [3.8, 4) is 5.75 Å². The van der Waals surface area contributed by atoms with Crippen LogP contribution in [-0.2, 0) is 6.42 Å². The second kappa shape index (κ2) is 7.01. The second-order valence-electron chi connectivity index (χ2n) is 7.58. The van der Waals surface area contributed by atoms with Gasteiger partial charge in [-0.05, 0) is 68.8 Å². The third-order valence-corrected chi connectivity index (χ3v) is 5.92. The lowest BCUT2D eigenvalue weighted by Crippen LogP contribution is -2.42. The molecule has 4 rings (SSSR count). The number of ether oxygens (including phenoxy) is 1. The third kappa shape index (κ3) is 3.56. The molecule has 1 aliphatic heterocycles. The number of aryl methyl sites for hydroxylation is 1. The first-order chi connectivity index (χ1) is 12.2. The maximum absolute atomic E-state index is 6.56. The molecule has 2 aliphatic rings. The van der Waals surface area contributed by atoms with Crippen molar-refractivity contribution >= 4 is 11.6 Å². The minimum Gasteiger partial charge on any atom is -0.487 e. The van der Waals surface area contributed by atoms with Crippen molar-refractivity contribution in [3.63, 3.8) is 0 Å². The van der Waals surface area contributed by atoms with E-state index in [2.05, 4.69) is 48.6 Å². The molecular weight excluding hydrogens is 330 g/mol. The first-order valence-corrected chi connectivity index (χ1v) is 9.79. The topological polar surface area (TPSA) is 21.3 Å². The lowest BCUT2D eigenvalue weighted by Gasteiger charge is -2.41. The van der Waals surface area contributed by atoms with Gasteiger partial charge in [0.05, 0.1) is 0 Å². The lowest BCUT2D eigenvalue weighted by atomic mass is 9.85. The highest BCUT2D eigenvalue weighted by Crippen LogP contribution is 2.48. The minimum absolute atomic E-state index is 0.0238. The van der Waals surface area contributed by atoms with Gasteiger partial charge in [0, 0.05) is 23.0 Å². The first-order valence-electron chi connectivity index (χ1n) is 9.42. The Morgan fingerprint density at radius 1 is 1.16 bits per heavy atom. The van der Waals surface area contributed by atoms with E-state index in [1.54, 1.807) is 0 Å². The Labute approximate surface area is 155 Å². The summed E-state index contributed by atoms with van der Waals surface area (Å²) in [6.45, 7) is 3.08. The zero-order valence-corrected chi connectivity index (χ0v) is 15.6. The minimum atomic E-state index is 0.0238. The van der Waals surface area contributed by atoms with Crippen LogP contribution in [0, 0.1) is 6.92 Å². The molecule has 0 radical (unpaired) electrons. The molecule has 0 saturated heterocycles. The Morgan fingerprint density at radius 2 is 1.92 bits per heavy atom.